The van der Waals surface area contributed by atoms with Gasteiger partial charge in [-0.05, 0) is 18.8 Å². The predicted molar refractivity (Wildman–Crippen MR) is 58.4 cm³/mol. The van der Waals surface area contributed by atoms with Crippen molar-refractivity contribution in [2.45, 2.75) is 59.4 Å². The van der Waals surface area contributed by atoms with E-state index in [1.54, 1.807) is 7.11 Å². The van der Waals surface area contributed by atoms with E-state index in [9.17, 15) is 0 Å². The molecule has 1 aliphatic heterocycles. The molecule has 0 aromatic carbocycles. The summed E-state index contributed by atoms with van der Waals surface area (Å²) >= 11 is 0. The van der Waals surface area contributed by atoms with Crippen molar-refractivity contribution in [3.63, 3.8) is 0 Å². The lowest BCUT2D eigenvalue weighted by molar-refractivity contribution is -0.0376. The van der Waals surface area contributed by atoms with Crippen LogP contribution in [0.1, 0.15) is 41.0 Å². The van der Waals surface area contributed by atoms with Gasteiger partial charge in [0.15, 0.2) is 0 Å². The summed E-state index contributed by atoms with van der Waals surface area (Å²) in [6.45, 7) is 11.1. The summed E-state index contributed by atoms with van der Waals surface area (Å²) in [4.78, 5) is 0. The minimum Gasteiger partial charge on any atom is -0.378 e. The molecule has 1 fully saturated rings. The van der Waals surface area contributed by atoms with Crippen molar-refractivity contribution < 1.29 is 9.47 Å². The minimum atomic E-state index is 0.228. The average molecular weight is 200 g/mol. The van der Waals surface area contributed by atoms with Gasteiger partial charge in [-0.15, -0.1) is 0 Å². The van der Waals surface area contributed by atoms with Gasteiger partial charge in [-0.1, -0.05) is 27.7 Å². The van der Waals surface area contributed by atoms with Crippen molar-refractivity contribution in [2.75, 3.05) is 7.11 Å². The van der Waals surface area contributed by atoms with Crippen LogP contribution in [-0.4, -0.2) is 25.4 Å². The third-order valence-electron chi connectivity index (χ3n) is 3.77. The van der Waals surface area contributed by atoms with Crippen molar-refractivity contribution in [3.05, 3.63) is 0 Å². The van der Waals surface area contributed by atoms with E-state index in [2.05, 4.69) is 34.6 Å². The Labute approximate surface area is 88.0 Å². The van der Waals surface area contributed by atoms with Crippen molar-refractivity contribution in [3.8, 4) is 0 Å². The normalized spacial score (nSPS) is 39.0. The Morgan fingerprint density at radius 3 is 2.21 bits per heavy atom. The molecular weight excluding hydrogens is 176 g/mol. The molecule has 0 aromatic heterocycles. The van der Waals surface area contributed by atoms with Gasteiger partial charge in [-0.25, -0.2) is 0 Å². The number of ether oxygens (including phenoxy) is 2. The average Bonchev–Trinajstić information content (AvgIpc) is 2.42. The van der Waals surface area contributed by atoms with Crippen molar-refractivity contribution in [1.82, 2.24) is 0 Å². The summed E-state index contributed by atoms with van der Waals surface area (Å²) in [5.41, 5.74) is 0.251. The predicted octanol–water partition coefficient (Wildman–Crippen LogP) is 2.86. The molecule has 1 rings (SSSR count). The second-order valence-electron chi connectivity index (χ2n) is 5.16. The number of rotatable bonds is 3. The third-order valence-corrected chi connectivity index (χ3v) is 3.77. The molecule has 0 saturated carbocycles. The molecule has 0 bridgehead atoms. The van der Waals surface area contributed by atoms with Gasteiger partial charge in [0, 0.05) is 13.0 Å². The maximum Gasteiger partial charge on any atom is 0.0880 e. The summed E-state index contributed by atoms with van der Waals surface area (Å²) in [6, 6.07) is 0. The van der Waals surface area contributed by atoms with Crippen LogP contribution in [-0.2, 0) is 9.47 Å². The van der Waals surface area contributed by atoms with Gasteiger partial charge in [-0.3, -0.25) is 0 Å². The topological polar surface area (TPSA) is 18.5 Å². The van der Waals surface area contributed by atoms with Crippen molar-refractivity contribution >= 4 is 0 Å². The standard InChI is InChI=1S/C12H24O2/c1-7-12(4,5)11-8(2)10(13-6)9(3)14-11/h8-11H,7H2,1-6H3/t8?,9?,10?,11-/m0/s1. The molecule has 0 aliphatic carbocycles. The highest BCUT2D eigenvalue weighted by Gasteiger charge is 2.45. The molecule has 2 heteroatoms. The van der Waals surface area contributed by atoms with Crippen molar-refractivity contribution in [2.24, 2.45) is 11.3 Å². The molecule has 1 saturated heterocycles. The Morgan fingerprint density at radius 2 is 1.86 bits per heavy atom. The zero-order valence-electron chi connectivity index (χ0n) is 10.3. The zero-order chi connectivity index (χ0) is 10.9. The lowest BCUT2D eigenvalue weighted by Gasteiger charge is -2.33. The first-order valence-electron chi connectivity index (χ1n) is 5.62. The van der Waals surface area contributed by atoms with Crippen LogP contribution in [0.15, 0.2) is 0 Å². The van der Waals surface area contributed by atoms with Crippen LogP contribution in [0.2, 0.25) is 0 Å². The SMILES string of the molecule is CCC(C)(C)[C@H]1OC(C)C(OC)C1C. The van der Waals surface area contributed by atoms with E-state index < -0.39 is 0 Å². The van der Waals surface area contributed by atoms with E-state index in [1.807, 2.05) is 0 Å². The lowest BCUT2D eigenvalue weighted by Crippen LogP contribution is -2.35. The Kier molecular flexibility index (Phi) is 3.59. The molecule has 0 aromatic rings. The monoisotopic (exact) mass is 200 g/mol. The molecule has 0 amide bonds. The molecule has 1 heterocycles. The second-order valence-corrected chi connectivity index (χ2v) is 5.16. The fraction of sp³-hybridized carbons (Fsp3) is 1.00. The van der Waals surface area contributed by atoms with E-state index >= 15 is 0 Å². The number of methoxy groups -OCH3 is 1. The van der Waals surface area contributed by atoms with Gasteiger partial charge < -0.3 is 9.47 Å². The maximum absolute atomic E-state index is 6.01. The first kappa shape index (κ1) is 12.0. The third kappa shape index (κ3) is 1.96. The molecule has 1 aliphatic rings. The van der Waals surface area contributed by atoms with Gasteiger partial charge in [-0.2, -0.15) is 0 Å². The van der Waals surface area contributed by atoms with Crippen LogP contribution in [0.3, 0.4) is 0 Å². The fourth-order valence-corrected chi connectivity index (χ4v) is 2.54. The van der Waals surface area contributed by atoms with Crippen LogP contribution < -0.4 is 0 Å². The van der Waals surface area contributed by atoms with Crippen LogP contribution in [0.25, 0.3) is 0 Å². The molecule has 4 atom stereocenters. The van der Waals surface area contributed by atoms with E-state index in [0.29, 0.717) is 12.0 Å². The quantitative estimate of drug-likeness (QED) is 0.697. The molecule has 0 radical (unpaired) electrons. The van der Waals surface area contributed by atoms with Crippen LogP contribution in [0.5, 0.6) is 0 Å². The van der Waals surface area contributed by atoms with Gasteiger partial charge in [0.05, 0.1) is 18.3 Å². The van der Waals surface area contributed by atoms with E-state index in [0.717, 1.165) is 6.42 Å². The fourth-order valence-electron chi connectivity index (χ4n) is 2.54. The van der Waals surface area contributed by atoms with E-state index in [-0.39, 0.29) is 17.6 Å². The van der Waals surface area contributed by atoms with Gasteiger partial charge in [0.1, 0.15) is 0 Å². The molecule has 0 N–H and O–H groups in total. The maximum atomic E-state index is 6.01. The molecule has 3 unspecified atom stereocenters. The van der Waals surface area contributed by atoms with Crippen molar-refractivity contribution in [1.29, 1.82) is 0 Å². The first-order chi connectivity index (χ1) is 6.44. The van der Waals surface area contributed by atoms with E-state index in [4.69, 9.17) is 9.47 Å². The smallest absolute Gasteiger partial charge is 0.0880 e. The molecule has 0 spiro atoms. The lowest BCUT2D eigenvalue weighted by atomic mass is 9.77. The van der Waals surface area contributed by atoms with E-state index in [1.165, 1.54) is 0 Å². The second kappa shape index (κ2) is 4.19. The summed E-state index contributed by atoms with van der Waals surface area (Å²) in [5.74, 6) is 0.491. The Hall–Kier alpha value is -0.0800. The molecular formula is C12H24O2. The summed E-state index contributed by atoms with van der Waals surface area (Å²) in [6.07, 6.45) is 1.95. The van der Waals surface area contributed by atoms with Gasteiger partial charge in [0.2, 0.25) is 0 Å². The number of hydrogen-bond acceptors (Lipinski definition) is 2. The van der Waals surface area contributed by atoms with Crippen LogP contribution >= 0.6 is 0 Å². The highest BCUT2D eigenvalue weighted by atomic mass is 16.6. The minimum absolute atomic E-state index is 0.228. The highest BCUT2D eigenvalue weighted by Crippen LogP contribution is 2.40. The van der Waals surface area contributed by atoms with Gasteiger partial charge >= 0.3 is 0 Å². The van der Waals surface area contributed by atoms with Crippen LogP contribution in [0, 0.1) is 11.3 Å². The summed E-state index contributed by atoms with van der Waals surface area (Å²) < 4.78 is 11.5. The highest BCUT2D eigenvalue weighted by molar-refractivity contribution is 4.93. The Balaban J connectivity index is 2.75. The molecule has 84 valence electrons. The van der Waals surface area contributed by atoms with Crippen LogP contribution in [0.4, 0.5) is 0 Å². The Bertz CT molecular complexity index is 189. The summed E-state index contributed by atoms with van der Waals surface area (Å²) in [7, 11) is 1.78. The summed E-state index contributed by atoms with van der Waals surface area (Å²) in [5, 5.41) is 0. The molecule has 14 heavy (non-hydrogen) atoms. The largest absolute Gasteiger partial charge is 0.378 e. The number of hydrogen-bond donors (Lipinski definition) is 0. The van der Waals surface area contributed by atoms with Gasteiger partial charge in [0.25, 0.3) is 0 Å². The Morgan fingerprint density at radius 1 is 1.29 bits per heavy atom. The zero-order valence-corrected chi connectivity index (χ0v) is 10.3. The first-order valence-corrected chi connectivity index (χ1v) is 5.62. The molecule has 2 nitrogen and oxygen atoms in total.